The van der Waals surface area contributed by atoms with Crippen LogP contribution < -0.4 is 10.2 Å². The third-order valence-electron chi connectivity index (χ3n) is 3.89. The van der Waals surface area contributed by atoms with Crippen LogP contribution in [0, 0.1) is 0 Å². The van der Waals surface area contributed by atoms with E-state index in [0.29, 0.717) is 32.3 Å². The van der Waals surface area contributed by atoms with Crippen LogP contribution in [-0.2, 0) is 14.2 Å². The highest BCUT2D eigenvalue weighted by atomic mass is 16.7. The molecular formula is C14H22N4O3. The number of nitrogens with one attached hydrogen (secondary N) is 1. The Balaban J connectivity index is 1.58. The van der Waals surface area contributed by atoms with Crippen LogP contribution >= 0.6 is 0 Å². The summed E-state index contributed by atoms with van der Waals surface area (Å²) in [4.78, 5) is 11.0. The highest BCUT2D eigenvalue weighted by molar-refractivity contribution is 5.43. The lowest BCUT2D eigenvalue weighted by atomic mass is 10.0. The van der Waals surface area contributed by atoms with E-state index in [0.717, 1.165) is 31.7 Å². The smallest absolute Gasteiger partial charge is 0.224 e. The lowest BCUT2D eigenvalue weighted by Crippen LogP contribution is -2.45. The Bertz CT molecular complexity index is 455. The highest BCUT2D eigenvalue weighted by Crippen LogP contribution is 2.32. The molecule has 3 heterocycles. The van der Waals surface area contributed by atoms with Gasteiger partial charge in [0.05, 0.1) is 19.8 Å². The molecule has 2 fully saturated rings. The first kappa shape index (κ1) is 14.5. The highest BCUT2D eigenvalue weighted by Gasteiger charge is 2.40. The van der Waals surface area contributed by atoms with Crippen molar-refractivity contribution in [2.45, 2.75) is 18.6 Å². The summed E-state index contributed by atoms with van der Waals surface area (Å²) in [5.41, 5.74) is 0. The normalized spacial score (nSPS) is 20.9. The molecule has 0 radical (unpaired) electrons. The lowest BCUT2D eigenvalue weighted by Gasteiger charge is -2.38. The third-order valence-corrected chi connectivity index (χ3v) is 3.89. The van der Waals surface area contributed by atoms with Crippen LogP contribution in [0.5, 0.6) is 0 Å². The lowest BCUT2D eigenvalue weighted by molar-refractivity contribution is -0.169. The molecule has 2 aliphatic heterocycles. The molecule has 1 aromatic rings. The Hall–Kier alpha value is -1.44. The average Bonchev–Trinajstić information content (AvgIpc) is 2.97. The molecule has 1 aromatic heterocycles. The van der Waals surface area contributed by atoms with Gasteiger partial charge in [-0.2, -0.15) is 4.98 Å². The van der Waals surface area contributed by atoms with Crippen LogP contribution in [-0.4, -0.2) is 62.3 Å². The van der Waals surface area contributed by atoms with Gasteiger partial charge < -0.3 is 24.4 Å². The molecule has 0 aliphatic carbocycles. The monoisotopic (exact) mass is 294 g/mol. The molecular weight excluding hydrogens is 272 g/mol. The van der Waals surface area contributed by atoms with Crippen LogP contribution in [0.3, 0.4) is 0 Å². The van der Waals surface area contributed by atoms with Gasteiger partial charge in [0.25, 0.3) is 0 Å². The van der Waals surface area contributed by atoms with Gasteiger partial charge in [-0.25, -0.2) is 4.98 Å². The van der Waals surface area contributed by atoms with E-state index in [1.807, 2.05) is 6.07 Å². The van der Waals surface area contributed by atoms with Gasteiger partial charge in [0, 0.05) is 45.8 Å². The summed E-state index contributed by atoms with van der Waals surface area (Å²) in [5, 5.41) is 3.15. The fourth-order valence-corrected chi connectivity index (χ4v) is 2.74. The number of aromatic nitrogens is 2. The molecule has 21 heavy (non-hydrogen) atoms. The minimum absolute atomic E-state index is 0.344. The van der Waals surface area contributed by atoms with Gasteiger partial charge in [0.1, 0.15) is 5.82 Å². The number of methoxy groups -OCH3 is 1. The number of rotatable bonds is 5. The van der Waals surface area contributed by atoms with Gasteiger partial charge in [-0.05, 0) is 6.07 Å². The van der Waals surface area contributed by atoms with E-state index in [9.17, 15) is 0 Å². The zero-order valence-corrected chi connectivity index (χ0v) is 12.4. The van der Waals surface area contributed by atoms with E-state index in [1.165, 1.54) is 0 Å². The van der Waals surface area contributed by atoms with Crippen molar-refractivity contribution < 1.29 is 14.2 Å². The summed E-state index contributed by atoms with van der Waals surface area (Å²) in [5.74, 6) is 1.24. The van der Waals surface area contributed by atoms with Crippen LogP contribution in [0.25, 0.3) is 0 Å². The first-order valence-corrected chi connectivity index (χ1v) is 7.40. The van der Waals surface area contributed by atoms with Crippen molar-refractivity contribution in [3.63, 3.8) is 0 Å². The Morgan fingerprint density at radius 1 is 1.33 bits per heavy atom. The van der Waals surface area contributed by atoms with E-state index in [1.54, 1.807) is 13.3 Å². The minimum Gasteiger partial charge on any atom is -0.383 e. The zero-order valence-electron chi connectivity index (χ0n) is 12.4. The molecule has 1 spiro atoms. The summed E-state index contributed by atoms with van der Waals surface area (Å²) in [6.07, 6.45) is 3.54. The number of ether oxygens (including phenoxy) is 3. The Morgan fingerprint density at radius 2 is 2.10 bits per heavy atom. The molecule has 116 valence electrons. The first-order chi connectivity index (χ1) is 10.3. The summed E-state index contributed by atoms with van der Waals surface area (Å²) in [6.45, 7) is 4.52. The van der Waals surface area contributed by atoms with Gasteiger partial charge >= 0.3 is 0 Å². The first-order valence-electron chi connectivity index (χ1n) is 7.40. The molecule has 1 N–H and O–H groups in total. The molecule has 0 atom stereocenters. The van der Waals surface area contributed by atoms with Crippen LogP contribution in [0.15, 0.2) is 12.3 Å². The van der Waals surface area contributed by atoms with Crippen LogP contribution in [0.2, 0.25) is 0 Å². The van der Waals surface area contributed by atoms with Crippen molar-refractivity contribution in [1.82, 2.24) is 9.97 Å². The predicted molar refractivity (Wildman–Crippen MR) is 78.5 cm³/mol. The van der Waals surface area contributed by atoms with Gasteiger partial charge in [-0.15, -0.1) is 0 Å². The number of hydrogen-bond acceptors (Lipinski definition) is 7. The summed E-state index contributed by atoms with van der Waals surface area (Å²) < 4.78 is 16.5. The van der Waals surface area contributed by atoms with Gasteiger partial charge in [-0.1, -0.05) is 0 Å². The number of hydrogen-bond donors (Lipinski definition) is 1. The zero-order chi connectivity index (χ0) is 14.5. The van der Waals surface area contributed by atoms with Crippen LogP contribution in [0.1, 0.15) is 12.8 Å². The largest absolute Gasteiger partial charge is 0.383 e. The number of anilines is 2. The van der Waals surface area contributed by atoms with Crippen molar-refractivity contribution in [3.8, 4) is 0 Å². The fraction of sp³-hybridized carbons (Fsp3) is 0.714. The maximum absolute atomic E-state index is 5.75. The summed E-state index contributed by atoms with van der Waals surface area (Å²) >= 11 is 0. The summed E-state index contributed by atoms with van der Waals surface area (Å²) in [6, 6.07) is 1.94. The predicted octanol–water partition coefficient (Wildman–Crippen LogP) is 0.878. The quantitative estimate of drug-likeness (QED) is 0.808. The molecule has 0 aromatic carbocycles. The maximum Gasteiger partial charge on any atom is 0.224 e. The van der Waals surface area contributed by atoms with Crippen molar-refractivity contribution >= 4 is 11.8 Å². The summed E-state index contributed by atoms with van der Waals surface area (Å²) in [7, 11) is 1.68. The van der Waals surface area contributed by atoms with E-state index >= 15 is 0 Å². The van der Waals surface area contributed by atoms with Crippen molar-refractivity contribution in [2.75, 3.05) is 56.8 Å². The SMILES string of the molecule is COCCNc1nccc(N2CCC3(CC2)OCCO3)n1. The third kappa shape index (κ3) is 3.42. The Morgan fingerprint density at radius 3 is 2.81 bits per heavy atom. The molecule has 7 nitrogen and oxygen atoms in total. The maximum atomic E-state index is 5.75. The Kier molecular flexibility index (Phi) is 4.52. The second-order valence-electron chi connectivity index (χ2n) is 5.25. The van der Waals surface area contributed by atoms with E-state index in [4.69, 9.17) is 14.2 Å². The molecule has 2 aliphatic rings. The average molecular weight is 294 g/mol. The molecule has 0 saturated carbocycles. The molecule has 2 saturated heterocycles. The van der Waals surface area contributed by atoms with Crippen LogP contribution in [0.4, 0.5) is 11.8 Å². The second-order valence-corrected chi connectivity index (χ2v) is 5.25. The number of piperidine rings is 1. The molecule has 0 unspecified atom stereocenters. The van der Waals surface area contributed by atoms with Gasteiger partial charge in [0.2, 0.25) is 5.95 Å². The van der Waals surface area contributed by atoms with Crippen molar-refractivity contribution in [1.29, 1.82) is 0 Å². The van der Waals surface area contributed by atoms with Gasteiger partial charge in [-0.3, -0.25) is 0 Å². The molecule has 0 bridgehead atoms. The fourth-order valence-electron chi connectivity index (χ4n) is 2.74. The Labute approximate surface area is 124 Å². The molecule has 0 amide bonds. The van der Waals surface area contributed by atoms with Crippen molar-refractivity contribution in [3.05, 3.63) is 12.3 Å². The standard InChI is InChI=1S/C14H22N4O3/c1-19-9-6-16-13-15-5-2-12(17-13)18-7-3-14(4-8-18)20-10-11-21-14/h2,5H,3-4,6-11H2,1H3,(H,15,16,17). The molecule has 7 heteroatoms. The second kappa shape index (κ2) is 6.55. The van der Waals surface area contributed by atoms with E-state index in [2.05, 4.69) is 20.2 Å². The number of nitrogens with zero attached hydrogens (tertiary/aromatic N) is 3. The van der Waals surface area contributed by atoms with E-state index in [-0.39, 0.29) is 5.79 Å². The van der Waals surface area contributed by atoms with Gasteiger partial charge in [0.15, 0.2) is 5.79 Å². The van der Waals surface area contributed by atoms with Crippen molar-refractivity contribution in [2.24, 2.45) is 0 Å². The minimum atomic E-state index is -0.344. The van der Waals surface area contributed by atoms with E-state index < -0.39 is 0 Å². The molecule has 3 rings (SSSR count). The topological polar surface area (TPSA) is 68.7 Å².